The van der Waals surface area contributed by atoms with Gasteiger partial charge in [-0.1, -0.05) is 11.6 Å². The summed E-state index contributed by atoms with van der Waals surface area (Å²) in [6, 6.07) is 9.26. The van der Waals surface area contributed by atoms with Crippen molar-refractivity contribution >= 4 is 33.9 Å². The number of hydrogen-bond donors (Lipinski definition) is 0. The van der Waals surface area contributed by atoms with E-state index in [4.69, 9.17) is 16.0 Å². The average Bonchev–Trinajstić information content (AvgIpc) is 3.09. The first-order chi connectivity index (χ1) is 13.6. The lowest BCUT2D eigenvalue weighted by Crippen LogP contribution is -2.31. The van der Waals surface area contributed by atoms with Crippen molar-refractivity contribution in [2.75, 3.05) is 24.7 Å². The summed E-state index contributed by atoms with van der Waals surface area (Å²) in [4.78, 5) is 19.2. The molecule has 0 bridgehead atoms. The number of benzene rings is 1. The number of pyridine rings is 1. The predicted octanol–water partition coefficient (Wildman–Crippen LogP) is 4.48. The third-order valence-electron chi connectivity index (χ3n) is 5.19. The zero-order valence-corrected chi connectivity index (χ0v) is 15.7. The lowest BCUT2D eigenvalue weighted by Gasteiger charge is -2.30. The third kappa shape index (κ3) is 2.85. The summed E-state index contributed by atoms with van der Waals surface area (Å²) in [6.07, 6.45) is 5.41. The number of fused-ring (bicyclic) bond motifs is 3. The Morgan fingerprint density at radius 3 is 2.96 bits per heavy atom. The van der Waals surface area contributed by atoms with E-state index in [2.05, 4.69) is 4.98 Å². The number of halogens is 2. The van der Waals surface area contributed by atoms with Crippen LogP contribution in [0.15, 0.2) is 51.9 Å². The normalized spacial score (nSPS) is 14.0. The van der Waals surface area contributed by atoms with Crippen LogP contribution < -0.4 is 10.5 Å². The maximum Gasteiger partial charge on any atom is 0.345 e. The maximum atomic E-state index is 12.9. The zero-order valence-electron chi connectivity index (χ0n) is 15.0. The number of alkyl halides is 1. The van der Waals surface area contributed by atoms with Crippen LogP contribution in [-0.2, 0) is 6.42 Å². The van der Waals surface area contributed by atoms with Crippen LogP contribution in [0.2, 0.25) is 5.02 Å². The molecule has 4 heterocycles. The van der Waals surface area contributed by atoms with E-state index in [0.717, 1.165) is 36.0 Å². The van der Waals surface area contributed by atoms with E-state index in [1.54, 1.807) is 28.9 Å². The highest BCUT2D eigenvalue weighted by Gasteiger charge is 2.19. The lowest BCUT2D eigenvalue weighted by atomic mass is 9.99. The smallest absolute Gasteiger partial charge is 0.345 e. The van der Waals surface area contributed by atoms with E-state index in [1.807, 2.05) is 23.1 Å². The fraction of sp³-hybridized carbons (Fsp3) is 0.238. The fourth-order valence-electron chi connectivity index (χ4n) is 3.89. The minimum absolute atomic E-state index is 0.352. The summed E-state index contributed by atoms with van der Waals surface area (Å²) in [5, 5.41) is 1.43. The maximum absolute atomic E-state index is 12.9. The Labute approximate surface area is 165 Å². The molecule has 0 amide bonds. The molecule has 1 aliphatic heterocycles. The molecular weight excluding hydrogens is 381 g/mol. The van der Waals surface area contributed by atoms with Gasteiger partial charge in [0.25, 0.3) is 0 Å². The molecule has 4 aromatic rings. The van der Waals surface area contributed by atoms with Crippen molar-refractivity contribution in [3.63, 3.8) is 0 Å². The average molecular weight is 398 g/mol. The predicted molar refractivity (Wildman–Crippen MR) is 108 cm³/mol. The highest BCUT2D eigenvalue weighted by Crippen LogP contribution is 2.32. The van der Waals surface area contributed by atoms with E-state index >= 15 is 0 Å². The van der Waals surface area contributed by atoms with Crippen LogP contribution in [0.4, 0.5) is 10.1 Å². The molecule has 5 nitrogen and oxygen atoms in total. The molecule has 0 saturated heterocycles. The Kier molecular flexibility index (Phi) is 4.09. The molecule has 0 aliphatic carbocycles. The number of rotatable bonds is 3. The van der Waals surface area contributed by atoms with E-state index in [0.29, 0.717) is 34.1 Å². The summed E-state index contributed by atoms with van der Waals surface area (Å²) < 4.78 is 20.3. The van der Waals surface area contributed by atoms with Crippen LogP contribution in [0.1, 0.15) is 12.0 Å². The zero-order chi connectivity index (χ0) is 19.3. The number of aromatic nitrogens is 2. The van der Waals surface area contributed by atoms with E-state index in [9.17, 15) is 9.18 Å². The second-order valence-corrected chi connectivity index (χ2v) is 7.42. The van der Waals surface area contributed by atoms with Crippen LogP contribution in [-0.4, -0.2) is 29.1 Å². The van der Waals surface area contributed by atoms with Gasteiger partial charge in [-0.15, -0.1) is 0 Å². The molecule has 0 unspecified atom stereocenters. The Hall–Kier alpha value is -2.86. The van der Waals surface area contributed by atoms with Crippen LogP contribution in [0, 0.1) is 0 Å². The molecule has 0 N–H and O–H groups in total. The van der Waals surface area contributed by atoms with Gasteiger partial charge < -0.3 is 13.7 Å². The molecule has 0 radical (unpaired) electrons. The van der Waals surface area contributed by atoms with Crippen molar-refractivity contribution in [3.8, 4) is 11.3 Å². The van der Waals surface area contributed by atoms with E-state index in [-0.39, 0.29) is 0 Å². The van der Waals surface area contributed by atoms with E-state index < -0.39 is 12.3 Å². The Morgan fingerprint density at radius 1 is 1.21 bits per heavy atom. The Balaban J connectivity index is 1.65. The van der Waals surface area contributed by atoms with Gasteiger partial charge in [0.15, 0.2) is 0 Å². The Bertz CT molecular complexity index is 1260. The third-order valence-corrected chi connectivity index (χ3v) is 5.42. The van der Waals surface area contributed by atoms with Gasteiger partial charge in [-0.2, -0.15) is 0 Å². The van der Waals surface area contributed by atoms with Crippen molar-refractivity contribution < 1.29 is 8.81 Å². The molecule has 7 heteroatoms. The summed E-state index contributed by atoms with van der Waals surface area (Å²) in [6.45, 7) is 0.761. The minimum Gasteiger partial charge on any atom is -0.422 e. The van der Waals surface area contributed by atoms with Gasteiger partial charge in [0.2, 0.25) is 0 Å². The molecule has 3 aromatic heterocycles. The molecular formula is C21H17ClFN3O2. The molecule has 0 spiro atoms. The van der Waals surface area contributed by atoms with Crippen molar-refractivity contribution in [1.29, 1.82) is 0 Å². The first-order valence-corrected chi connectivity index (χ1v) is 9.56. The molecule has 28 heavy (non-hydrogen) atoms. The highest BCUT2D eigenvalue weighted by atomic mass is 35.5. The number of anilines is 1. The van der Waals surface area contributed by atoms with Gasteiger partial charge in [0, 0.05) is 42.6 Å². The SMILES string of the molecule is O=c1oc2cc3c(cc2cc1-c1cn2cc(Cl)ccc2n1)CCCN3CCF. The molecule has 1 aromatic carbocycles. The van der Waals surface area contributed by atoms with Crippen LogP contribution in [0.25, 0.3) is 27.9 Å². The lowest BCUT2D eigenvalue weighted by molar-refractivity contribution is 0.484. The molecule has 5 rings (SSSR count). The highest BCUT2D eigenvalue weighted by molar-refractivity contribution is 6.30. The van der Waals surface area contributed by atoms with E-state index in [1.165, 1.54) is 0 Å². The summed E-state index contributed by atoms with van der Waals surface area (Å²) >= 11 is 6.03. The van der Waals surface area contributed by atoms with Crippen molar-refractivity contribution in [1.82, 2.24) is 9.38 Å². The quantitative estimate of drug-likeness (QED) is 0.478. The second kappa shape index (κ2) is 6.63. The summed E-state index contributed by atoms with van der Waals surface area (Å²) in [5.74, 6) is 0. The van der Waals surface area contributed by atoms with Gasteiger partial charge >= 0.3 is 5.63 Å². The number of nitrogens with zero attached hydrogens (tertiary/aromatic N) is 3. The van der Waals surface area contributed by atoms with Crippen LogP contribution in [0.3, 0.4) is 0 Å². The Morgan fingerprint density at radius 2 is 2.11 bits per heavy atom. The second-order valence-electron chi connectivity index (χ2n) is 6.98. The topological polar surface area (TPSA) is 50.8 Å². The van der Waals surface area contributed by atoms with Gasteiger partial charge in [-0.25, -0.2) is 14.2 Å². The van der Waals surface area contributed by atoms with Gasteiger partial charge in [0.1, 0.15) is 17.9 Å². The molecule has 0 fully saturated rings. The van der Waals surface area contributed by atoms with Crippen LogP contribution >= 0.6 is 11.6 Å². The number of aryl methyl sites for hydroxylation is 1. The molecule has 0 atom stereocenters. The fourth-order valence-corrected chi connectivity index (χ4v) is 4.05. The number of imidazole rings is 1. The van der Waals surface area contributed by atoms with Gasteiger partial charge in [-0.05, 0) is 42.7 Å². The monoisotopic (exact) mass is 397 g/mol. The molecule has 1 aliphatic rings. The van der Waals surface area contributed by atoms with Crippen molar-refractivity contribution in [2.24, 2.45) is 0 Å². The molecule has 142 valence electrons. The summed E-state index contributed by atoms with van der Waals surface area (Å²) in [5.41, 5.74) is 3.80. The largest absolute Gasteiger partial charge is 0.422 e. The van der Waals surface area contributed by atoms with Gasteiger partial charge in [0.05, 0.1) is 16.3 Å². The first-order valence-electron chi connectivity index (χ1n) is 9.19. The van der Waals surface area contributed by atoms with Crippen molar-refractivity contribution in [2.45, 2.75) is 12.8 Å². The summed E-state index contributed by atoms with van der Waals surface area (Å²) in [7, 11) is 0. The number of hydrogen-bond acceptors (Lipinski definition) is 4. The van der Waals surface area contributed by atoms with Gasteiger partial charge in [-0.3, -0.25) is 0 Å². The van der Waals surface area contributed by atoms with Crippen LogP contribution in [0.5, 0.6) is 0 Å². The first kappa shape index (κ1) is 17.3. The molecule has 0 saturated carbocycles. The van der Waals surface area contributed by atoms with Crippen molar-refractivity contribution in [3.05, 3.63) is 63.7 Å². The standard InChI is InChI=1S/C21H17ClFN3O2/c22-15-3-4-20-24-17(12-26(20)11-15)16-9-14-8-13-2-1-6-25(7-5-23)18(13)10-19(14)28-21(16)27/h3-4,8-12H,1-2,5-7H2. The minimum atomic E-state index is -0.449.